The van der Waals surface area contributed by atoms with Crippen molar-refractivity contribution in [2.75, 3.05) is 0 Å². The van der Waals surface area contributed by atoms with Crippen molar-refractivity contribution in [1.82, 2.24) is 10.3 Å². The fraction of sp³-hybridized carbons (Fsp3) is 0.214. The van der Waals surface area contributed by atoms with E-state index in [1.165, 1.54) is 11.6 Å². The van der Waals surface area contributed by atoms with Gasteiger partial charge in [-0.3, -0.25) is 4.98 Å². The van der Waals surface area contributed by atoms with E-state index in [4.69, 9.17) is 0 Å². The Kier molecular flexibility index (Phi) is 4.44. The molecule has 1 aromatic carbocycles. The fourth-order valence-electron chi connectivity index (χ4n) is 1.67. The first-order valence-electron chi connectivity index (χ1n) is 5.71. The van der Waals surface area contributed by atoms with Gasteiger partial charge in [-0.25, -0.2) is 4.39 Å². The van der Waals surface area contributed by atoms with Gasteiger partial charge in [-0.2, -0.15) is 0 Å². The first-order chi connectivity index (χ1) is 8.66. The van der Waals surface area contributed by atoms with Gasteiger partial charge in [0.25, 0.3) is 0 Å². The van der Waals surface area contributed by atoms with Crippen LogP contribution in [0.15, 0.2) is 41.1 Å². The number of benzene rings is 1. The van der Waals surface area contributed by atoms with E-state index in [2.05, 4.69) is 33.2 Å². The number of aromatic nitrogens is 1. The number of halogens is 2. The van der Waals surface area contributed by atoms with Crippen LogP contribution in [-0.4, -0.2) is 4.98 Å². The summed E-state index contributed by atoms with van der Waals surface area (Å²) in [7, 11) is 0. The van der Waals surface area contributed by atoms with Crippen molar-refractivity contribution in [3.05, 3.63) is 63.6 Å². The van der Waals surface area contributed by atoms with Gasteiger partial charge in [0.2, 0.25) is 0 Å². The Morgan fingerprint density at radius 2 is 2.11 bits per heavy atom. The molecule has 18 heavy (non-hydrogen) atoms. The zero-order valence-corrected chi connectivity index (χ0v) is 11.7. The number of aryl methyl sites for hydroxylation is 1. The Morgan fingerprint density at radius 3 is 2.83 bits per heavy atom. The molecule has 0 atom stereocenters. The lowest BCUT2D eigenvalue weighted by Crippen LogP contribution is -2.13. The molecule has 94 valence electrons. The van der Waals surface area contributed by atoms with E-state index >= 15 is 0 Å². The van der Waals surface area contributed by atoms with Crippen LogP contribution in [0.2, 0.25) is 0 Å². The minimum absolute atomic E-state index is 0.230. The minimum Gasteiger partial charge on any atom is -0.309 e. The van der Waals surface area contributed by atoms with E-state index in [0.29, 0.717) is 11.0 Å². The van der Waals surface area contributed by atoms with Crippen LogP contribution in [0.1, 0.15) is 16.7 Å². The van der Waals surface area contributed by atoms with Crippen molar-refractivity contribution in [2.45, 2.75) is 20.0 Å². The zero-order chi connectivity index (χ0) is 13.0. The largest absolute Gasteiger partial charge is 0.309 e. The molecule has 4 heteroatoms. The van der Waals surface area contributed by atoms with Gasteiger partial charge in [0.15, 0.2) is 0 Å². The van der Waals surface area contributed by atoms with E-state index in [0.717, 1.165) is 17.7 Å². The van der Waals surface area contributed by atoms with Crippen molar-refractivity contribution in [3.63, 3.8) is 0 Å². The van der Waals surface area contributed by atoms with Gasteiger partial charge >= 0.3 is 0 Å². The lowest BCUT2D eigenvalue weighted by molar-refractivity contribution is 0.613. The lowest BCUT2D eigenvalue weighted by Gasteiger charge is -2.07. The molecule has 0 amide bonds. The molecule has 0 fully saturated rings. The molecule has 2 nitrogen and oxygen atoms in total. The molecule has 1 N–H and O–H groups in total. The maximum absolute atomic E-state index is 13.3. The van der Waals surface area contributed by atoms with E-state index < -0.39 is 0 Å². The van der Waals surface area contributed by atoms with E-state index in [1.807, 2.05) is 18.3 Å². The third-order valence-corrected chi connectivity index (χ3v) is 3.42. The molecule has 0 spiro atoms. The van der Waals surface area contributed by atoms with Crippen molar-refractivity contribution in [1.29, 1.82) is 0 Å². The maximum Gasteiger partial charge on any atom is 0.137 e. The smallest absolute Gasteiger partial charge is 0.137 e. The first kappa shape index (κ1) is 13.2. The molecule has 0 radical (unpaired) electrons. The van der Waals surface area contributed by atoms with Crippen molar-refractivity contribution in [3.8, 4) is 0 Å². The van der Waals surface area contributed by atoms with Crippen LogP contribution >= 0.6 is 15.9 Å². The second-order valence-corrected chi connectivity index (χ2v) is 5.01. The van der Waals surface area contributed by atoms with Crippen molar-refractivity contribution in [2.24, 2.45) is 0 Å². The van der Waals surface area contributed by atoms with Gasteiger partial charge in [-0.05, 0) is 57.7 Å². The molecule has 0 saturated carbocycles. The zero-order valence-electron chi connectivity index (χ0n) is 10.1. The Morgan fingerprint density at radius 1 is 1.28 bits per heavy atom. The number of pyridine rings is 1. The summed E-state index contributed by atoms with van der Waals surface area (Å²) in [6.45, 7) is 3.42. The summed E-state index contributed by atoms with van der Waals surface area (Å²) >= 11 is 3.14. The third kappa shape index (κ3) is 3.37. The molecule has 0 aliphatic heterocycles. The molecule has 0 aliphatic rings. The normalized spacial score (nSPS) is 10.6. The third-order valence-electron chi connectivity index (χ3n) is 2.78. The topological polar surface area (TPSA) is 24.9 Å². The summed E-state index contributed by atoms with van der Waals surface area (Å²) in [6.07, 6.45) is 3.63. The SMILES string of the molecule is Cc1ccncc1CNCc1ccc(Br)c(F)c1. The molecule has 0 saturated heterocycles. The Balaban J connectivity index is 1.92. The molecule has 1 heterocycles. The molecular weight excluding hydrogens is 295 g/mol. The average molecular weight is 309 g/mol. The predicted molar refractivity (Wildman–Crippen MR) is 73.6 cm³/mol. The molecule has 0 aliphatic carbocycles. The predicted octanol–water partition coefficient (Wildman–Crippen LogP) is 3.58. The number of nitrogens with zero attached hydrogens (tertiary/aromatic N) is 1. The van der Waals surface area contributed by atoms with E-state index in [-0.39, 0.29) is 5.82 Å². The highest BCUT2D eigenvalue weighted by atomic mass is 79.9. The molecule has 2 rings (SSSR count). The van der Waals surface area contributed by atoms with Crippen LogP contribution in [0.25, 0.3) is 0 Å². The summed E-state index contributed by atoms with van der Waals surface area (Å²) in [6, 6.07) is 7.14. The number of nitrogens with one attached hydrogen (secondary N) is 1. The Bertz CT molecular complexity index is 543. The van der Waals surface area contributed by atoms with Crippen LogP contribution < -0.4 is 5.32 Å². The van der Waals surface area contributed by atoms with Crippen LogP contribution in [0, 0.1) is 12.7 Å². The quantitative estimate of drug-likeness (QED) is 0.934. The average Bonchev–Trinajstić information content (AvgIpc) is 2.36. The highest BCUT2D eigenvalue weighted by Crippen LogP contribution is 2.16. The van der Waals surface area contributed by atoms with Gasteiger partial charge < -0.3 is 5.32 Å². The standard InChI is InChI=1S/C14H14BrFN2/c1-10-4-5-17-8-12(10)9-18-7-11-2-3-13(15)14(16)6-11/h2-6,8,18H,7,9H2,1H3. The molecular formula is C14H14BrFN2. The van der Waals surface area contributed by atoms with Gasteiger partial charge in [0.1, 0.15) is 5.82 Å². The molecule has 0 bridgehead atoms. The summed E-state index contributed by atoms with van der Waals surface area (Å²) in [5, 5.41) is 3.28. The van der Waals surface area contributed by atoms with Crippen LogP contribution in [-0.2, 0) is 13.1 Å². The fourth-order valence-corrected chi connectivity index (χ4v) is 1.92. The summed E-state index contributed by atoms with van der Waals surface area (Å²) in [5.74, 6) is -0.230. The van der Waals surface area contributed by atoms with E-state index in [1.54, 1.807) is 12.3 Å². The van der Waals surface area contributed by atoms with Crippen LogP contribution in [0.4, 0.5) is 4.39 Å². The number of rotatable bonds is 4. The molecule has 0 unspecified atom stereocenters. The van der Waals surface area contributed by atoms with E-state index in [9.17, 15) is 4.39 Å². The first-order valence-corrected chi connectivity index (χ1v) is 6.50. The van der Waals surface area contributed by atoms with Crippen molar-refractivity contribution < 1.29 is 4.39 Å². The Hall–Kier alpha value is -1.26. The van der Waals surface area contributed by atoms with Gasteiger partial charge in [-0.1, -0.05) is 6.07 Å². The Labute approximate surface area is 114 Å². The summed E-state index contributed by atoms with van der Waals surface area (Å²) in [5.41, 5.74) is 3.30. The number of hydrogen-bond donors (Lipinski definition) is 1. The summed E-state index contributed by atoms with van der Waals surface area (Å²) in [4.78, 5) is 4.09. The minimum atomic E-state index is -0.230. The molecule has 1 aromatic heterocycles. The van der Waals surface area contributed by atoms with Gasteiger partial charge in [-0.15, -0.1) is 0 Å². The van der Waals surface area contributed by atoms with Gasteiger partial charge in [0, 0.05) is 25.5 Å². The van der Waals surface area contributed by atoms with Crippen molar-refractivity contribution >= 4 is 15.9 Å². The highest BCUT2D eigenvalue weighted by molar-refractivity contribution is 9.10. The number of hydrogen-bond acceptors (Lipinski definition) is 2. The monoisotopic (exact) mass is 308 g/mol. The van der Waals surface area contributed by atoms with Crippen LogP contribution in [0.5, 0.6) is 0 Å². The molecule has 2 aromatic rings. The van der Waals surface area contributed by atoms with Gasteiger partial charge in [0.05, 0.1) is 4.47 Å². The summed E-state index contributed by atoms with van der Waals surface area (Å²) < 4.78 is 13.8. The second-order valence-electron chi connectivity index (χ2n) is 4.15. The van der Waals surface area contributed by atoms with Crippen LogP contribution in [0.3, 0.4) is 0 Å². The lowest BCUT2D eigenvalue weighted by atomic mass is 10.1. The maximum atomic E-state index is 13.3. The highest BCUT2D eigenvalue weighted by Gasteiger charge is 2.01. The second kappa shape index (κ2) is 6.07.